The zero-order valence-electron chi connectivity index (χ0n) is 20.0. The van der Waals surface area contributed by atoms with Crippen LogP contribution in [0.1, 0.15) is 49.9 Å². The van der Waals surface area contributed by atoms with Gasteiger partial charge in [-0.1, -0.05) is 112 Å². The summed E-state index contributed by atoms with van der Waals surface area (Å²) in [5, 5.41) is 3.12. The zero-order chi connectivity index (χ0) is 22.3. The molecule has 0 amide bonds. The third-order valence-corrected chi connectivity index (χ3v) is 11.7. The summed E-state index contributed by atoms with van der Waals surface area (Å²) in [5.74, 6) is 0. The summed E-state index contributed by atoms with van der Waals surface area (Å²) < 4.78 is 0. The molecule has 0 spiro atoms. The van der Waals surface area contributed by atoms with Crippen molar-refractivity contribution in [1.29, 1.82) is 0 Å². The number of aryl methyl sites for hydroxylation is 3. The van der Waals surface area contributed by atoms with Crippen molar-refractivity contribution in [3.05, 3.63) is 112 Å². The number of allylic oxidation sites excluding steroid dienone is 4. The Bertz CT molecular complexity index is 1180. The molecule has 1 heteroatoms. The lowest BCUT2D eigenvalue weighted by atomic mass is 9.90. The van der Waals surface area contributed by atoms with Crippen LogP contribution in [0.3, 0.4) is 0 Å². The van der Waals surface area contributed by atoms with Gasteiger partial charge in [0.1, 0.15) is 8.80 Å². The van der Waals surface area contributed by atoms with Crippen LogP contribution in [0.4, 0.5) is 0 Å². The van der Waals surface area contributed by atoms with Crippen molar-refractivity contribution in [2.45, 2.75) is 53.5 Å². The van der Waals surface area contributed by atoms with Gasteiger partial charge in [-0.3, -0.25) is 0 Å². The second kappa shape index (κ2) is 8.13. The van der Waals surface area contributed by atoms with E-state index in [1.54, 1.807) is 15.9 Å². The fourth-order valence-corrected chi connectivity index (χ4v) is 10.5. The monoisotopic (exact) mass is 422 g/mol. The number of hydrogen-bond acceptors (Lipinski definition) is 0. The molecule has 31 heavy (non-hydrogen) atoms. The van der Waals surface area contributed by atoms with Gasteiger partial charge in [0, 0.05) is 5.04 Å². The Labute approximate surface area is 190 Å². The maximum atomic E-state index is 2.53. The van der Waals surface area contributed by atoms with Gasteiger partial charge in [-0.15, -0.1) is 0 Å². The van der Waals surface area contributed by atoms with Gasteiger partial charge in [-0.2, -0.15) is 0 Å². The lowest BCUT2D eigenvalue weighted by Gasteiger charge is -2.40. The Hall–Kier alpha value is -2.64. The Balaban J connectivity index is 2.07. The summed E-state index contributed by atoms with van der Waals surface area (Å²) in [6, 6.07) is 27.4. The highest BCUT2D eigenvalue weighted by molar-refractivity contribution is 6.90. The average molecular weight is 423 g/mol. The molecule has 2 unspecified atom stereocenters. The first-order valence-electron chi connectivity index (χ1n) is 11.3. The van der Waals surface area contributed by atoms with Gasteiger partial charge in [0.2, 0.25) is 0 Å². The molecule has 0 aromatic heterocycles. The summed E-state index contributed by atoms with van der Waals surface area (Å²) >= 11 is 0. The van der Waals surface area contributed by atoms with Gasteiger partial charge < -0.3 is 0 Å². The third-order valence-electron chi connectivity index (χ3n) is 7.51. The first-order chi connectivity index (χ1) is 14.7. The molecule has 0 N–H and O–H groups in total. The van der Waals surface area contributed by atoms with Gasteiger partial charge in [0.05, 0.1) is 0 Å². The molecular weight excluding hydrogens is 388 g/mol. The van der Waals surface area contributed by atoms with Crippen LogP contribution >= 0.6 is 0 Å². The van der Waals surface area contributed by atoms with Crippen molar-refractivity contribution >= 4 is 24.7 Å². The quantitative estimate of drug-likeness (QED) is 0.419. The topological polar surface area (TPSA) is 0 Å². The van der Waals surface area contributed by atoms with E-state index in [4.69, 9.17) is 0 Å². The number of benzene rings is 3. The summed E-state index contributed by atoms with van der Waals surface area (Å²) in [6.07, 6.45) is 0. The molecular formula is C30H34Si. The molecule has 4 rings (SSSR count). The van der Waals surface area contributed by atoms with Crippen LogP contribution in [0.5, 0.6) is 0 Å². The second-order valence-electron chi connectivity index (χ2n) is 9.53. The number of hydrogen-bond donors (Lipinski definition) is 0. The average Bonchev–Trinajstić information content (AvgIpc) is 2.90. The number of rotatable bonds is 4. The van der Waals surface area contributed by atoms with Crippen LogP contribution in [0, 0.1) is 20.8 Å². The Morgan fingerprint density at radius 3 is 1.84 bits per heavy atom. The van der Waals surface area contributed by atoms with Gasteiger partial charge in [-0.25, -0.2) is 0 Å². The Morgan fingerprint density at radius 1 is 0.645 bits per heavy atom. The summed E-state index contributed by atoms with van der Waals surface area (Å²) in [6.45, 7) is 16.3. The summed E-state index contributed by atoms with van der Waals surface area (Å²) in [7, 11) is -1.69. The molecule has 0 saturated carbocycles. The van der Waals surface area contributed by atoms with Crippen molar-refractivity contribution in [3.63, 3.8) is 0 Å². The predicted molar refractivity (Wildman–Crippen MR) is 139 cm³/mol. The van der Waals surface area contributed by atoms with Crippen molar-refractivity contribution in [2.24, 2.45) is 0 Å². The van der Waals surface area contributed by atoms with Crippen LogP contribution < -0.4 is 10.4 Å². The molecule has 0 radical (unpaired) electrons. The maximum absolute atomic E-state index is 2.53. The maximum Gasteiger partial charge on any atom is 0.117 e. The van der Waals surface area contributed by atoms with Crippen molar-refractivity contribution in [3.8, 4) is 0 Å². The summed E-state index contributed by atoms with van der Waals surface area (Å²) in [5.41, 5.74) is 11.5. The van der Waals surface area contributed by atoms with E-state index in [1.165, 1.54) is 39.0 Å². The minimum absolute atomic E-state index is 0.0157. The van der Waals surface area contributed by atoms with E-state index in [-0.39, 0.29) is 5.04 Å². The normalized spacial score (nSPS) is 19.8. The predicted octanol–water partition coefficient (Wildman–Crippen LogP) is 6.54. The van der Waals surface area contributed by atoms with Gasteiger partial charge in [-0.05, 0) is 63.8 Å². The molecule has 2 atom stereocenters. The molecule has 3 aromatic rings. The van der Waals surface area contributed by atoms with Crippen LogP contribution in [0.2, 0.25) is 5.04 Å². The SMILES string of the molecule is CC1=C(C)C(C)([SiH](c2cc(C)cc(C)c2)c2ccccc2C)C(c2ccccc2)=C1C. The van der Waals surface area contributed by atoms with E-state index in [9.17, 15) is 0 Å². The standard InChI is InChI=1S/C30H34Si/c1-20-17-21(2)19-27(18-20)31(28-16-12-11-13-22(28)3)30(7)25(6)23(4)24(5)29(30)26-14-9-8-10-15-26/h8-19,31H,1-7H3. The molecule has 3 aromatic carbocycles. The van der Waals surface area contributed by atoms with Gasteiger partial charge in [0.25, 0.3) is 0 Å². The molecule has 0 bridgehead atoms. The van der Waals surface area contributed by atoms with Crippen LogP contribution in [0.15, 0.2) is 89.5 Å². The van der Waals surface area contributed by atoms with Crippen LogP contribution in [0.25, 0.3) is 5.57 Å². The molecule has 0 aliphatic heterocycles. The van der Waals surface area contributed by atoms with E-state index in [1.807, 2.05) is 0 Å². The second-order valence-corrected chi connectivity index (χ2v) is 12.8. The lowest BCUT2D eigenvalue weighted by Crippen LogP contribution is -2.52. The minimum atomic E-state index is -1.69. The zero-order valence-corrected chi connectivity index (χ0v) is 21.2. The van der Waals surface area contributed by atoms with Crippen LogP contribution in [-0.4, -0.2) is 8.80 Å². The van der Waals surface area contributed by atoms with E-state index in [0.717, 1.165) is 0 Å². The Morgan fingerprint density at radius 2 is 1.23 bits per heavy atom. The fourth-order valence-electron chi connectivity index (χ4n) is 5.83. The largest absolute Gasteiger partial charge is 0.117 e. The van der Waals surface area contributed by atoms with Crippen molar-refractivity contribution in [1.82, 2.24) is 0 Å². The summed E-state index contributed by atoms with van der Waals surface area (Å²) in [4.78, 5) is 0. The molecule has 0 nitrogen and oxygen atoms in total. The van der Waals surface area contributed by atoms with Crippen molar-refractivity contribution < 1.29 is 0 Å². The lowest BCUT2D eigenvalue weighted by molar-refractivity contribution is 0.901. The van der Waals surface area contributed by atoms with E-state index >= 15 is 0 Å². The first-order valence-corrected chi connectivity index (χ1v) is 13.1. The third kappa shape index (κ3) is 3.55. The highest BCUT2D eigenvalue weighted by Crippen LogP contribution is 2.58. The van der Waals surface area contributed by atoms with E-state index < -0.39 is 8.80 Å². The first kappa shape index (κ1) is 21.6. The highest BCUT2D eigenvalue weighted by atomic mass is 28.3. The smallest absolute Gasteiger partial charge is 0.0626 e. The minimum Gasteiger partial charge on any atom is -0.0626 e. The van der Waals surface area contributed by atoms with E-state index in [2.05, 4.69) is 121 Å². The fraction of sp³-hybridized carbons (Fsp3) is 0.267. The van der Waals surface area contributed by atoms with Gasteiger partial charge in [0.15, 0.2) is 0 Å². The Kier molecular flexibility index (Phi) is 5.66. The molecule has 1 aliphatic carbocycles. The highest BCUT2D eigenvalue weighted by Gasteiger charge is 2.47. The van der Waals surface area contributed by atoms with Crippen molar-refractivity contribution in [2.75, 3.05) is 0 Å². The molecule has 1 aliphatic rings. The molecule has 158 valence electrons. The molecule has 0 heterocycles. The van der Waals surface area contributed by atoms with Gasteiger partial charge >= 0.3 is 0 Å². The van der Waals surface area contributed by atoms with E-state index in [0.29, 0.717) is 0 Å². The van der Waals surface area contributed by atoms with Crippen LogP contribution in [-0.2, 0) is 0 Å². The molecule has 0 fully saturated rings. The molecule has 0 saturated heterocycles.